The first-order chi connectivity index (χ1) is 10.9. The topological polar surface area (TPSA) is 131 Å². The summed E-state index contributed by atoms with van der Waals surface area (Å²) in [4.78, 5) is 15.6. The standard InChI is InChI=1S/C16H13N3O4/c1-6-10(17)3-8(4-20)12-15(6)23-16-7(2)14(22)11(18)9(5-21)13(16)19-12/h3-5,17-18,21-22H,1-2H3/b9-5-,17-10?,18-11?. The summed E-state index contributed by atoms with van der Waals surface area (Å²) in [5, 5.41) is 35.0. The van der Waals surface area contributed by atoms with Crippen LogP contribution in [0.15, 0.2) is 10.5 Å². The van der Waals surface area contributed by atoms with Gasteiger partial charge < -0.3 is 20.0 Å². The number of carbonyl (C=O) groups excluding carboxylic acids is 1. The van der Waals surface area contributed by atoms with Crippen LogP contribution in [-0.2, 0) is 0 Å². The lowest BCUT2D eigenvalue weighted by atomic mass is 10.1. The molecule has 23 heavy (non-hydrogen) atoms. The van der Waals surface area contributed by atoms with Gasteiger partial charge in [0.05, 0.1) is 16.8 Å². The van der Waals surface area contributed by atoms with E-state index in [4.69, 9.17) is 15.2 Å². The van der Waals surface area contributed by atoms with Crippen LogP contribution < -0.4 is 15.9 Å². The number of phenolic OH excluding ortho intramolecular Hbond substituents is 1. The van der Waals surface area contributed by atoms with Gasteiger partial charge in [-0.3, -0.25) is 10.2 Å². The van der Waals surface area contributed by atoms with Crippen LogP contribution in [0.2, 0.25) is 0 Å². The lowest BCUT2D eigenvalue weighted by molar-refractivity contribution is 0.112. The Labute approximate surface area is 129 Å². The van der Waals surface area contributed by atoms with Crippen LogP contribution in [0.3, 0.4) is 0 Å². The third-order valence-corrected chi connectivity index (χ3v) is 3.89. The number of carbonyl (C=O) groups is 1. The average Bonchev–Trinajstić information content (AvgIpc) is 2.55. The van der Waals surface area contributed by atoms with Crippen molar-refractivity contribution in [2.45, 2.75) is 13.8 Å². The minimum atomic E-state index is -0.321. The van der Waals surface area contributed by atoms with Gasteiger partial charge in [-0.2, -0.15) is 0 Å². The summed E-state index contributed by atoms with van der Waals surface area (Å²) in [5.74, 6) is -0.321. The predicted octanol–water partition coefficient (Wildman–Crippen LogP) is 1.09. The Morgan fingerprint density at radius 2 is 1.83 bits per heavy atom. The van der Waals surface area contributed by atoms with Gasteiger partial charge in [0.1, 0.15) is 22.1 Å². The number of aliphatic hydroxyl groups excluding tert-OH is 1. The lowest BCUT2D eigenvalue weighted by Crippen LogP contribution is -2.26. The zero-order chi connectivity index (χ0) is 16.9. The van der Waals surface area contributed by atoms with Crippen molar-refractivity contribution in [2.75, 3.05) is 0 Å². The van der Waals surface area contributed by atoms with Gasteiger partial charge in [0, 0.05) is 16.7 Å². The molecule has 0 aliphatic carbocycles. The fourth-order valence-corrected chi connectivity index (χ4v) is 2.51. The van der Waals surface area contributed by atoms with Crippen molar-refractivity contribution in [1.29, 1.82) is 10.8 Å². The van der Waals surface area contributed by atoms with Gasteiger partial charge in [0.15, 0.2) is 17.5 Å². The lowest BCUT2D eigenvalue weighted by Gasteiger charge is -2.09. The molecule has 0 aliphatic heterocycles. The molecule has 0 aliphatic rings. The Morgan fingerprint density at radius 3 is 2.43 bits per heavy atom. The summed E-state index contributed by atoms with van der Waals surface area (Å²) in [6, 6.07) is 1.39. The maximum atomic E-state index is 11.3. The molecule has 0 atom stereocenters. The maximum absolute atomic E-state index is 11.3. The van der Waals surface area contributed by atoms with Crippen molar-refractivity contribution < 1.29 is 19.4 Å². The summed E-state index contributed by atoms with van der Waals surface area (Å²) in [5.41, 5.74) is 1.85. The predicted molar refractivity (Wildman–Crippen MR) is 82.1 cm³/mol. The normalized spacial score (nSPS) is 12.2. The van der Waals surface area contributed by atoms with Gasteiger partial charge in [0.25, 0.3) is 0 Å². The van der Waals surface area contributed by atoms with E-state index < -0.39 is 0 Å². The van der Waals surface area contributed by atoms with Crippen molar-refractivity contribution in [3.63, 3.8) is 0 Å². The molecule has 0 bridgehead atoms. The number of phenols is 1. The van der Waals surface area contributed by atoms with Gasteiger partial charge in [0.2, 0.25) is 0 Å². The molecule has 7 nitrogen and oxygen atoms in total. The average molecular weight is 311 g/mol. The summed E-state index contributed by atoms with van der Waals surface area (Å²) >= 11 is 0. The van der Waals surface area contributed by atoms with E-state index in [2.05, 4.69) is 4.98 Å². The summed E-state index contributed by atoms with van der Waals surface area (Å²) in [6.07, 6.45) is 1.25. The van der Waals surface area contributed by atoms with Gasteiger partial charge in [-0.25, -0.2) is 4.98 Å². The quantitative estimate of drug-likeness (QED) is 0.394. The molecule has 1 heterocycles. The third kappa shape index (κ3) is 1.90. The van der Waals surface area contributed by atoms with Gasteiger partial charge in [-0.15, -0.1) is 0 Å². The number of fused-ring (bicyclic) bond motifs is 2. The molecule has 0 spiro atoms. The van der Waals surface area contributed by atoms with Crippen LogP contribution >= 0.6 is 0 Å². The number of hydrogen-bond acceptors (Lipinski definition) is 7. The van der Waals surface area contributed by atoms with E-state index in [-0.39, 0.29) is 49.4 Å². The zero-order valence-corrected chi connectivity index (χ0v) is 12.4. The summed E-state index contributed by atoms with van der Waals surface area (Å²) < 4.78 is 5.79. The molecule has 3 aromatic rings. The van der Waals surface area contributed by atoms with E-state index in [1.165, 1.54) is 6.07 Å². The van der Waals surface area contributed by atoms with Crippen LogP contribution in [0.25, 0.3) is 28.5 Å². The zero-order valence-electron chi connectivity index (χ0n) is 12.4. The fraction of sp³-hybridized carbons (Fsp3) is 0.125. The van der Waals surface area contributed by atoms with E-state index in [1.54, 1.807) is 13.8 Å². The van der Waals surface area contributed by atoms with E-state index in [0.717, 1.165) is 0 Å². The Balaban J connectivity index is 2.75. The van der Waals surface area contributed by atoms with E-state index >= 15 is 0 Å². The van der Waals surface area contributed by atoms with Crippen LogP contribution in [0.1, 0.15) is 21.5 Å². The first-order valence-corrected chi connectivity index (χ1v) is 6.73. The highest BCUT2D eigenvalue weighted by atomic mass is 16.3. The number of benzene rings is 2. The summed E-state index contributed by atoms with van der Waals surface area (Å²) in [6.45, 7) is 3.23. The minimum Gasteiger partial charge on any atom is -0.515 e. The van der Waals surface area contributed by atoms with Crippen LogP contribution in [-0.4, -0.2) is 21.5 Å². The summed E-state index contributed by atoms with van der Waals surface area (Å²) in [7, 11) is 0. The number of aliphatic hydroxyl groups is 1. The molecule has 1 aromatic heterocycles. The van der Waals surface area contributed by atoms with Gasteiger partial charge in [-0.05, 0) is 19.9 Å². The van der Waals surface area contributed by atoms with Crippen molar-refractivity contribution in [2.24, 2.45) is 0 Å². The Hall–Kier alpha value is -3.22. The monoisotopic (exact) mass is 311 g/mol. The largest absolute Gasteiger partial charge is 0.515 e. The number of hydrogen-bond donors (Lipinski definition) is 4. The number of aromatic hydroxyl groups is 1. The number of aryl methyl sites for hydroxylation is 2. The third-order valence-electron chi connectivity index (χ3n) is 3.89. The van der Waals surface area contributed by atoms with E-state index in [0.29, 0.717) is 23.7 Å². The molecule has 2 aromatic carbocycles. The molecule has 0 amide bonds. The molecule has 0 saturated heterocycles. The van der Waals surface area contributed by atoms with Crippen molar-refractivity contribution in [3.8, 4) is 5.75 Å². The Bertz CT molecular complexity index is 1160. The van der Waals surface area contributed by atoms with Crippen LogP contribution in [0, 0.1) is 24.7 Å². The Kier molecular flexibility index (Phi) is 3.14. The number of nitrogens with zero attached hydrogens (tertiary/aromatic N) is 1. The van der Waals surface area contributed by atoms with Crippen molar-refractivity contribution >= 4 is 34.7 Å². The highest BCUT2D eigenvalue weighted by molar-refractivity contribution is 5.97. The number of aromatic nitrogens is 1. The SMILES string of the molecule is Cc1c(=N)cc(C=O)c2nc3/c(=C\O)c(=N)c(O)c(C)c3oc12. The first-order valence-electron chi connectivity index (χ1n) is 6.73. The highest BCUT2D eigenvalue weighted by Crippen LogP contribution is 2.25. The molecule has 0 saturated carbocycles. The molecule has 4 N–H and O–H groups in total. The Morgan fingerprint density at radius 1 is 1.17 bits per heavy atom. The van der Waals surface area contributed by atoms with Gasteiger partial charge >= 0.3 is 0 Å². The van der Waals surface area contributed by atoms with E-state index in [9.17, 15) is 15.0 Å². The number of rotatable bonds is 1. The fourth-order valence-electron chi connectivity index (χ4n) is 2.51. The molecule has 0 radical (unpaired) electrons. The number of nitrogens with one attached hydrogen (secondary N) is 2. The molecular formula is C16H13N3O4. The second kappa shape index (κ2) is 4.91. The van der Waals surface area contributed by atoms with Gasteiger partial charge in [-0.1, -0.05) is 0 Å². The molecule has 116 valence electrons. The molecule has 0 fully saturated rings. The highest BCUT2D eigenvalue weighted by Gasteiger charge is 2.16. The van der Waals surface area contributed by atoms with Crippen molar-refractivity contribution in [3.05, 3.63) is 38.7 Å². The van der Waals surface area contributed by atoms with E-state index in [1.807, 2.05) is 0 Å². The second-order valence-corrected chi connectivity index (χ2v) is 5.22. The smallest absolute Gasteiger partial charge is 0.160 e. The van der Waals surface area contributed by atoms with Crippen LogP contribution in [0.5, 0.6) is 5.75 Å². The maximum Gasteiger partial charge on any atom is 0.160 e. The van der Waals surface area contributed by atoms with Crippen molar-refractivity contribution in [1.82, 2.24) is 4.98 Å². The molecular weight excluding hydrogens is 298 g/mol. The number of aldehydes is 1. The van der Waals surface area contributed by atoms with Crippen LogP contribution in [0.4, 0.5) is 0 Å². The second-order valence-electron chi connectivity index (χ2n) is 5.22. The minimum absolute atomic E-state index is 0.00166. The molecule has 7 heteroatoms. The molecule has 0 unspecified atom stereocenters. The first kappa shape index (κ1) is 14.7. The molecule has 3 rings (SSSR count).